The Balaban J connectivity index is 1.92. The summed E-state index contributed by atoms with van der Waals surface area (Å²) in [5.41, 5.74) is -0.0269. The maximum absolute atomic E-state index is 12.8. The number of anilines is 1. The van der Waals surface area contributed by atoms with E-state index in [1.807, 2.05) is 24.3 Å². The van der Waals surface area contributed by atoms with E-state index in [1.54, 1.807) is 12.3 Å². The number of hydrogen-bond donors (Lipinski definition) is 2. The number of H-pyrrole nitrogens is 1. The molecule has 2 N–H and O–H groups in total. The Morgan fingerprint density at radius 1 is 1.22 bits per heavy atom. The fraction of sp³-hybridized carbons (Fsp3) is 0.0526. The van der Waals surface area contributed by atoms with Crippen molar-refractivity contribution in [3.63, 3.8) is 0 Å². The van der Waals surface area contributed by atoms with E-state index in [0.29, 0.717) is 5.56 Å². The highest BCUT2D eigenvalue weighted by Gasteiger charge is 2.31. The maximum Gasteiger partial charge on any atom is 0.416 e. The minimum Gasteiger partial charge on any atom is -0.361 e. The monoisotopic (exact) mass is 389 g/mol. The molecule has 0 unspecified atom stereocenters. The third kappa shape index (κ3) is 3.96. The van der Waals surface area contributed by atoms with Gasteiger partial charge in [0.2, 0.25) is 0 Å². The van der Waals surface area contributed by atoms with Crippen LogP contribution in [0.1, 0.15) is 11.1 Å². The Hall–Kier alpha value is -3.24. The number of alkyl halides is 3. The Labute approximate surface area is 156 Å². The quantitative estimate of drug-likeness (QED) is 0.466. The summed E-state index contributed by atoms with van der Waals surface area (Å²) < 4.78 is 38.5. The number of nitrogens with one attached hydrogen (secondary N) is 2. The van der Waals surface area contributed by atoms with Crippen molar-refractivity contribution in [3.8, 4) is 6.07 Å². The van der Waals surface area contributed by atoms with Crippen molar-refractivity contribution in [1.29, 1.82) is 5.26 Å². The molecule has 0 radical (unpaired) electrons. The molecule has 0 saturated carbocycles. The molecule has 8 heteroatoms. The van der Waals surface area contributed by atoms with E-state index in [9.17, 15) is 23.2 Å². The van der Waals surface area contributed by atoms with E-state index >= 15 is 0 Å². The molecule has 0 saturated heterocycles. The smallest absolute Gasteiger partial charge is 0.361 e. The lowest BCUT2D eigenvalue weighted by Gasteiger charge is -2.11. The van der Waals surface area contributed by atoms with Crippen LogP contribution in [0.2, 0.25) is 5.02 Å². The first kappa shape index (κ1) is 18.5. The maximum atomic E-state index is 12.8. The van der Waals surface area contributed by atoms with Gasteiger partial charge in [-0.3, -0.25) is 4.79 Å². The van der Waals surface area contributed by atoms with Crippen molar-refractivity contribution in [2.45, 2.75) is 6.18 Å². The molecule has 1 heterocycles. The molecule has 0 fully saturated rings. The van der Waals surface area contributed by atoms with E-state index < -0.39 is 17.6 Å². The van der Waals surface area contributed by atoms with Crippen LogP contribution in [0.4, 0.5) is 18.9 Å². The summed E-state index contributed by atoms with van der Waals surface area (Å²) in [5.74, 6) is -0.857. The van der Waals surface area contributed by atoms with Crippen LogP contribution in [0.25, 0.3) is 17.0 Å². The summed E-state index contributed by atoms with van der Waals surface area (Å²) in [6.07, 6.45) is -1.59. The van der Waals surface area contributed by atoms with E-state index in [-0.39, 0.29) is 16.3 Å². The molecular formula is C19H11ClF3N3O. The Kier molecular flexibility index (Phi) is 4.93. The van der Waals surface area contributed by atoms with Crippen LogP contribution in [0, 0.1) is 11.3 Å². The fourth-order valence-electron chi connectivity index (χ4n) is 2.50. The van der Waals surface area contributed by atoms with Crippen molar-refractivity contribution in [2.75, 3.05) is 5.32 Å². The number of rotatable bonds is 3. The van der Waals surface area contributed by atoms with Gasteiger partial charge in [-0.2, -0.15) is 18.4 Å². The number of carbonyl (C=O) groups excluding carboxylic acids is 1. The summed E-state index contributed by atoms with van der Waals surface area (Å²) in [5, 5.41) is 12.3. The molecule has 0 atom stereocenters. The highest BCUT2D eigenvalue weighted by molar-refractivity contribution is 6.34. The van der Waals surface area contributed by atoms with E-state index in [1.165, 1.54) is 6.08 Å². The SMILES string of the molecule is N#CC(=Cc1c[nH]c2ccccc12)C(=O)Nc1cc(C(F)(F)F)ccc1Cl. The average molecular weight is 390 g/mol. The number of halogens is 4. The van der Waals surface area contributed by atoms with Gasteiger partial charge in [-0.05, 0) is 30.3 Å². The molecule has 0 aliphatic carbocycles. The lowest BCUT2D eigenvalue weighted by atomic mass is 10.1. The van der Waals surface area contributed by atoms with Gasteiger partial charge in [-0.15, -0.1) is 0 Å². The standard InChI is InChI=1S/C19H11ClF3N3O/c20-15-6-5-13(19(21,22)23)8-17(15)26-18(27)11(9-24)7-12-10-25-16-4-2-1-3-14(12)16/h1-8,10,25H,(H,26,27). The molecular weight excluding hydrogens is 379 g/mol. The summed E-state index contributed by atoms with van der Waals surface area (Å²) in [7, 11) is 0. The summed E-state index contributed by atoms with van der Waals surface area (Å²) >= 11 is 5.87. The van der Waals surface area contributed by atoms with Gasteiger partial charge in [0.15, 0.2) is 0 Å². The molecule has 0 aliphatic rings. The fourth-order valence-corrected chi connectivity index (χ4v) is 2.67. The Morgan fingerprint density at radius 2 is 1.96 bits per heavy atom. The molecule has 3 aromatic rings. The zero-order valence-electron chi connectivity index (χ0n) is 13.6. The minimum absolute atomic E-state index is 0.0688. The van der Waals surface area contributed by atoms with Gasteiger partial charge in [0.25, 0.3) is 5.91 Å². The zero-order valence-corrected chi connectivity index (χ0v) is 14.3. The lowest BCUT2D eigenvalue weighted by Crippen LogP contribution is -2.15. The molecule has 27 heavy (non-hydrogen) atoms. The minimum atomic E-state index is -4.58. The third-order valence-electron chi connectivity index (χ3n) is 3.83. The van der Waals surface area contributed by atoms with E-state index in [0.717, 1.165) is 29.1 Å². The predicted octanol–water partition coefficient (Wildman–Crippen LogP) is 5.39. The van der Waals surface area contributed by atoms with Crippen molar-refractivity contribution in [2.24, 2.45) is 0 Å². The van der Waals surface area contributed by atoms with Crippen molar-refractivity contribution in [3.05, 3.63) is 70.4 Å². The number of benzene rings is 2. The van der Waals surface area contributed by atoms with E-state index in [4.69, 9.17) is 11.6 Å². The first-order valence-corrected chi connectivity index (χ1v) is 8.03. The van der Waals surface area contributed by atoms with Gasteiger partial charge in [-0.25, -0.2) is 0 Å². The molecule has 1 amide bonds. The van der Waals surface area contributed by atoms with Crippen LogP contribution in [0.15, 0.2) is 54.2 Å². The lowest BCUT2D eigenvalue weighted by molar-refractivity contribution is -0.137. The number of carbonyl (C=O) groups is 1. The van der Waals surface area contributed by atoms with Gasteiger partial charge in [0.1, 0.15) is 11.6 Å². The number of aromatic nitrogens is 1. The van der Waals surface area contributed by atoms with Crippen molar-refractivity contribution < 1.29 is 18.0 Å². The number of nitriles is 1. The van der Waals surface area contributed by atoms with Gasteiger partial charge in [0.05, 0.1) is 16.3 Å². The summed E-state index contributed by atoms with van der Waals surface area (Å²) in [6, 6.07) is 11.6. The van der Waals surface area contributed by atoms with Crippen molar-refractivity contribution in [1.82, 2.24) is 4.98 Å². The zero-order chi connectivity index (χ0) is 19.6. The number of fused-ring (bicyclic) bond motifs is 1. The number of para-hydroxylation sites is 1. The molecule has 1 aromatic heterocycles. The number of amides is 1. The average Bonchev–Trinajstić information content (AvgIpc) is 3.03. The molecule has 0 bridgehead atoms. The Morgan fingerprint density at radius 3 is 2.67 bits per heavy atom. The normalized spacial score (nSPS) is 12.0. The second-order valence-corrected chi connectivity index (χ2v) is 6.01. The Bertz CT molecular complexity index is 1090. The predicted molar refractivity (Wildman–Crippen MR) is 97.0 cm³/mol. The van der Waals surface area contributed by atoms with Crippen LogP contribution in [-0.4, -0.2) is 10.9 Å². The number of aromatic amines is 1. The first-order chi connectivity index (χ1) is 12.8. The third-order valence-corrected chi connectivity index (χ3v) is 4.16. The van der Waals surface area contributed by atoms with Crippen molar-refractivity contribution >= 4 is 40.2 Å². The molecule has 0 spiro atoms. The van der Waals surface area contributed by atoms with Crippen LogP contribution < -0.4 is 5.32 Å². The highest BCUT2D eigenvalue weighted by atomic mass is 35.5. The van der Waals surface area contributed by atoms with Crippen LogP contribution in [0.5, 0.6) is 0 Å². The number of nitrogens with zero attached hydrogens (tertiary/aromatic N) is 1. The first-order valence-electron chi connectivity index (χ1n) is 7.65. The molecule has 3 rings (SSSR count). The second-order valence-electron chi connectivity index (χ2n) is 5.61. The molecule has 2 aromatic carbocycles. The topological polar surface area (TPSA) is 68.7 Å². The highest BCUT2D eigenvalue weighted by Crippen LogP contribution is 2.34. The van der Waals surface area contributed by atoms with Gasteiger partial charge >= 0.3 is 6.18 Å². The summed E-state index contributed by atoms with van der Waals surface area (Å²) in [4.78, 5) is 15.4. The molecule has 0 aliphatic heterocycles. The largest absolute Gasteiger partial charge is 0.416 e. The summed E-state index contributed by atoms with van der Waals surface area (Å²) in [6.45, 7) is 0. The van der Waals surface area contributed by atoms with Crippen LogP contribution >= 0.6 is 11.6 Å². The number of hydrogen-bond acceptors (Lipinski definition) is 2. The van der Waals surface area contributed by atoms with Gasteiger partial charge in [-0.1, -0.05) is 29.8 Å². The molecule has 4 nitrogen and oxygen atoms in total. The second kappa shape index (κ2) is 7.17. The van der Waals surface area contributed by atoms with Gasteiger partial charge in [0, 0.05) is 22.7 Å². The molecule has 136 valence electrons. The van der Waals surface area contributed by atoms with Crippen LogP contribution in [0.3, 0.4) is 0 Å². The van der Waals surface area contributed by atoms with Gasteiger partial charge < -0.3 is 10.3 Å². The van der Waals surface area contributed by atoms with E-state index in [2.05, 4.69) is 10.3 Å². The van der Waals surface area contributed by atoms with Crippen LogP contribution in [-0.2, 0) is 11.0 Å².